The molecule has 0 aliphatic rings. The number of nitrogens with two attached hydrogens (primary N) is 1. The van der Waals surface area contributed by atoms with Crippen molar-refractivity contribution >= 4 is 28.6 Å². The lowest BCUT2D eigenvalue weighted by atomic mass is 10.1. The Morgan fingerprint density at radius 3 is 2.68 bits per heavy atom. The number of aromatic nitrogens is 4. The van der Waals surface area contributed by atoms with Crippen molar-refractivity contribution in [3.8, 4) is 17.6 Å². The molecule has 146 valence electrons. The number of methoxy groups -OCH3 is 1. The minimum Gasteiger partial charge on any atom is -0.495 e. The van der Waals surface area contributed by atoms with Crippen molar-refractivity contribution in [3.63, 3.8) is 0 Å². The summed E-state index contributed by atoms with van der Waals surface area (Å²) in [6.45, 7) is 7.59. The van der Waals surface area contributed by atoms with Gasteiger partial charge < -0.3 is 20.1 Å². The highest BCUT2D eigenvalue weighted by molar-refractivity contribution is 6.34. The van der Waals surface area contributed by atoms with Gasteiger partial charge in [-0.05, 0) is 38.8 Å². The van der Waals surface area contributed by atoms with E-state index >= 15 is 0 Å². The number of fused-ring (bicyclic) bond motifs is 1. The molecule has 0 aliphatic heterocycles. The second-order valence-electron chi connectivity index (χ2n) is 7.08. The number of pyridine rings is 1. The van der Waals surface area contributed by atoms with Crippen molar-refractivity contribution in [2.45, 2.75) is 39.8 Å². The third-order valence-corrected chi connectivity index (χ3v) is 4.58. The highest BCUT2D eigenvalue weighted by Gasteiger charge is 2.17. The van der Waals surface area contributed by atoms with Crippen LogP contribution in [0.1, 0.15) is 36.2 Å². The molecule has 3 aromatic heterocycles. The van der Waals surface area contributed by atoms with Crippen molar-refractivity contribution in [1.82, 2.24) is 19.5 Å². The van der Waals surface area contributed by atoms with Crippen LogP contribution in [0.15, 0.2) is 12.4 Å². The maximum absolute atomic E-state index is 9.94. The number of ether oxygens (including phenoxy) is 1. The fraction of sp³-hybridized carbons (Fsp3) is 0.350. The Morgan fingerprint density at radius 1 is 1.32 bits per heavy atom. The first-order valence-electron chi connectivity index (χ1n) is 8.67. The van der Waals surface area contributed by atoms with Gasteiger partial charge in [0, 0.05) is 12.4 Å². The Balaban J connectivity index is 2.18. The third kappa shape index (κ3) is 3.88. The zero-order valence-corrected chi connectivity index (χ0v) is 17.2. The van der Waals surface area contributed by atoms with E-state index in [1.807, 2.05) is 30.8 Å². The van der Waals surface area contributed by atoms with Crippen molar-refractivity contribution in [3.05, 3.63) is 39.9 Å². The summed E-state index contributed by atoms with van der Waals surface area (Å²) < 4.78 is 7.37. The van der Waals surface area contributed by atoms with Gasteiger partial charge in [-0.3, -0.25) is 4.98 Å². The molecule has 0 bridgehead atoms. The number of anilines is 1. The molecular formula is C20H22ClN5O2. The van der Waals surface area contributed by atoms with Gasteiger partial charge in [-0.1, -0.05) is 23.4 Å². The maximum atomic E-state index is 9.94. The summed E-state index contributed by atoms with van der Waals surface area (Å²) >= 11 is 6.33. The van der Waals surface area contributed by atoms with Gasteiger partial charge in [0.1, 0.15) is 22.2 Å². The van der Waals surface area contributed by atoms with Crippen LogP contribution in [0.4, 0.5) is 5.95 Å². The SMILES string of the molecule is COc1c(C)ncc(Cn2cc(C#CC(C)(C)O)c3c(Cl)nc(N)nc32)c1C. The van der Waals surface area contributed by atoms with Crippen molar-refractivity contribution < 1.29 is 9.84 Å². The van der Waals surface area contributed by atoms with E-state index in [4.69, 9.17) is 22.1 Å². The van der Waals surface area contributed by atoms with Crippen molar-refractivity contribution in [2.75, 3.05) is 12.8 Å². The molecule has 3 aromatic rings. The quantitative estimate of drug-likeness (QED) is 0.519. The van der Waals surface area contributed by atoms with Crippen LogP contribution >= 0.6 is 11.6 Å². The molecule has 0 saturated heterocycles. The summed E-state index contributed by atoms with van der Waals surface area (Å²) in [6, 6.07) is 0. The van der Waals surface area contributed by atoms with Gasteiger partial charge >= 0.3 is 0 Å². The molecule has 28 heavy (non-hydrogen) atoms. The zero-order chi connectivity index (χ0) is 20.6. The second kappa shape index (κ2) is 7.30. The van der Waals surface area contributed by atoms with Gasteiger partial charge in [0.05, 0.1) is 30.3 Å². The molecule has 0 aromatic carbocycles. The summed E-state index contributed by atoms with van der Waals surface area (Å²) in [7, 11) is 1.63. The summed E-state index contributed by atoms with van der Waals surface area (Å²) in [5.41, 5.74) is 8.64. The molecule has 0 radical (unpaired) electrons. The van der Waals surface area contributed by atoms with Crippen LogP contribution in [0.3, 0.4) is 0 Å². The Hall–Kier alpha value is -2.82. The molecule has 0 saturated carbocycles. The first-order chi connectivity index (χ1) is 13.1. The van der Waals surface area contributed by atoms with Crippen LogP contribution in [-0.4, -0.2) is 37.3 Å². The standard InChI is InChI=1S/C20H22ClN5O2/c1-11-14(8-23-12(2)16(11)28-5)10-26-9-13(6-7-20(3,4)27)15-17(21)24-19(22)25-18(15)26/h8-9,27H,10H2,1-5H3,(H2,22,24,25). The molecule has 3 heterocycles. The van der Waals surface area contributed by atoms with Crippen molar-refractivity contribution in [2.24, 2.45) is 0 Å². The predicted molar refractivity (Wildman–Crippen MR) is 109 cm³/mol. The third-order valence-electron chi connectivity index (χ3n) is 4.30. The maximum Gasteiger partial charge on any atom is 0.223 e. The lowest BCUT2D eigenvalue weighted by Crippen LogP contribution is -2.14. The normalized spacial score (nSPS) is 11.4. The molecule has 0 unspecified atom stereocenters. The molecule has 0 spiro atoms. The molecule has 0 aliphatic carbocycles. The van der Waals surface area contributed by atoms with E-state index in [-0.39, 0.29) is 11.1 Å². The minimum absolute atomic E-state index is 0.0789. The highest BCUT2D eigenvalue weighted by atomic mass is 35.5. The topological polar surface area (TPSA) is 99.1 Å². The molecule has 7 nitrogen and oxygen atoms in total. The smallest absolute Gasteiger partial charge is 0.223 e. The summed E-state index contributed by atoms with van der Waals surface area (Å²) in [5.74, 6) is 6.61. The molecule has 8 heteroatoms. The van der Waals surface area contributed by atoms with Gasteiger partial charge in [0.15, 0.2) is 0 Å². The number of rotatable bonds is 3. The van der Waals surface area contributed by atoms with E-state index in [1.54, 1.807) is 21.0 Å². The Morgan fingerprint density at radius 2 is 2.04 bits per heavy atom. The highest BCUT2D eigenvalue weighted by Crippen LogP contribution is 2.29. The summed E-state index contributed by atoms with van der Waals surface area (Å²) in [4.78, 5) is 12.8. The van der Waals surface area contributed by atoms with Gasteiger partial charge in [-0.15, -0.1) is 0 Å². The molecule has 0 fully saturated rings. The summed E-state index contributed by atoms with van der Waals surface area (Å²) in [5, 5.41) is 10.8. The largest absolute Gasteiger partial charge is 0.495 e. The van der Waals surface area contributed by atoms with Crippen LogP contribution in [0.25, 0.3) is 11.0 Å². The van der Waals surface area contributed by atoms with Crippen LogP contribution in [0.2, 0.25) is 5.15 Å². The predicted octanol–water partition coefficient (Wildman–Crippen LogP) is 2.86. The average molecular weight is 400 g/mol. The minimum atomic E-state index is -1.14. The van der Waals surface area contributed by atoms with Gasteiger partial charge in [-0.25, -0.2) is 4.98 Å². The fourth-order valence-electron chi connectivity index (χ4n) is 2.99. The number of nitrogen functional groups attached to an aromatic ring is 1. The van der Waals surface area contributed by atoms with Crippen LogP contribution in [-0.2, 0) is 6.54 Å². The van der Waals surface area contributed by atoms with E-state index in [2.05, 4.69) is 26.8 Å². The average Bonchev–Trinajstić information content (AvgIpc) is 2.93. The van der Waals surface area contributed by atoms with Gasteiger partial charge in [0.25, 0.3) is 0 Å². The van der Waals surface area contributed by atoms with E-state index < -0.39 is 5.60 Å². The lowest BCUT2D eigenvalue weighted by Gasteiger charge is -2.13. The van der Waals surface area contributed by atoms with E-state index in [0.29, 0.717) is 23.1 Å². The first-order valence-corrected chi connectivity index (χ1v) is 9.05. The van der Waals surface area contributed by atoms with E-state index in [9.17, 15) is 5.11 Å². The first kappa shape index (κ1) is 19.9. The fourth-order valence-corrected chi connectivity index (χ4v) is 3.26. The van der Waals surface area contributed by atoms with E-state index in [0.717, 1.165) is 22.6 Å². The molecule has 3 N–H and O–H groups in total. The molecular weight excluding hydrogens is 378 g/mol. The number of hydrogen-bond donors (Lipinski definition) is 2. The molecule has 3 rings (SSSR count). The molecule has 0 atom stereocenters. The Kier molecular flexibility index (Phi) is 5.20. The zero-order valence-electron chi connectivity index (χ0n) is 16.5. The van der Waals surface area contributed by atoms with Crippen molar-refractivity contribution in [1.29, 1.82) is 0 Å². The number of aliphatic hydroxyl groups is 1. The number of nitrogens with zero attached hydrogens (tertiary/aromatic N) is 4. The van der Waals surface area contributed by atoms with Crippen LogP contribution in [0, 0.1) is 25.7 Å². The second-order valence-corrected chi connectivity index (χ2v) is 7.44. The lowest BCUT2D eigenvalue weighted by molar-refractivity contribution is 0.143. The Labute approximate surface area is 168 Å². The molecule has 0 amide bonds. The number of hydrogen-bond acceptors (Lipinski definition) is 6. The summed E-state index contributed by atoms with van der Waals surface area (Å²) in [6.07, 6.45) is 3.64. The van der Waals surface area contributed by atoms with Gasteiger partial charge in [0.2, 0.25) is 5.95 Å². The Bertz CT molecular complexity index is 1120. The number of aryl methyl sites for hydroxylation is 1. The monoisotopic (exact) mass is 399 g/mol. The van der Waals surface area contributed by atoms with Crippen LogP contribution < -0.4 is 10.5 Å². The van der Waals surface area contributed by atoms with Crippen LogP contribution in [0.5, 0.6) is 5.75 Å². The number of halogens is 1. The van der Waals surface area contributed by atoms with E-state index in [1.165, 1.54) is 0 Å². The van der Waals surface area contributed by atoms with Gasteiger partial charge in [-0.2, -0.15) is 4.98 Å².